The molecule has 0 saturated carbocycles. The van der Waals surface area contributed by atoms with Crippen molar-refractivity contribution in [2.45, 2.75) is 39.4 Å². The number of benzene rings is 1. The SMILES string of the molecule is [CH2]C[C@@H](C(=O)OCc1ccccc1)C(=O)OC(C)(C)C. The third-order valence-corrected chi connectivity index (χ3v) is 2.49. The predicted molar refractivity (Wildman–Crippen MR) is 75.5 cm³/mol. The summed E-state index contributed by atoms with van der Waals surface area (Å²) in [6.07, 6.45) is 0.114. The number of carbonyl (C=O) groups excluding carboxylic acids is 2. The quantitative estimate of drug-likeness (QED) is 0.613. The molecule has 0 aliphatic rings. The van der Waals surface area contributed by atoms with E-state index in [2.05, 4.69) is 6.92 Å². The van der Waals surface area contributed by atoms with Crippen LogP contribution in [0.25, 0.3) is 0 Å². The second kappa shape index (κ2) is 7.08. The number of hydrogen-bond donors (Lipinski definition) is 0. The molecule has 0 amide bonds. The molecule has 1 aromatic rings. The number of ether oxygens (including phenoxy) is 2. The van der Waals surface area contributed by atoms with Gasteiger partial charge in [-0.3, -0.25) is 9.59 Å². The lowest BCUT2D eigenvalue weighted by atomic mass is 10.1. The van der Waals surface area contributed by atoms with Crippen molar-refractivity contribution in [3.63, 3.8) is 0 Å². The van der Waals surface area contributed by atoms with Crippen LogP contribution in [0.4, 0.5) is 0 Å². The first-order valence-corrected chi connectivity index (χ1v) is 6.56. The lowest BCUT2D eigenvalue weighted by Crippen LogP contribution is -2.33. The van der Waals surface area contributed by atoms with Crippen LogP contribution in [0.2, 0.25) is 0 Å². The maximum Gasteiger partial charge on any atom is 0.320 e. The molecule has 20 heavy (non-hydrogen) atoms. The number of hydrogen-bond acceptors (Lipinski definition) is 4. The highest BCUT2D eigenvalue weighted by atomic mass is 16.6. The van der Waals surface area contributed by atoms with Gasteiger partial charge >= 0.3 is 11.9 Å². The zero-order chi connectivity index (χ0) is 15.2. The first-order chi connectivity index (χ1) is 9.33. The van der Waals surface area contributed by atoms with Gasteiger partial charge in [0.2, 0.25) is 0 Å². The van der Waals surface area contributed by atoms with Crippen molar-refractivity contribution < 1.29 is 19.1 Å². The van der Waals surface area contributed by atoms with E-state index in [0.29, 0.717) is 0 Å². The van der Waals surface area contributed by atoms with Crippen LogP contribution < -0.4 is 0 Å². The fourth-order valence-corrected chi connectivity index (χ4v) is 1.53. The molecular weight excluding hydrogens is 256 g/mol. The molecule has 0 heterocycles. The van der Waals surface area contributed by atoms with Gasteiger partial charge in [0, 0.05) is 0 Å². The highest BCUT2D eigenvalue weighted by Crippen LogP contribution is 2.15. The lowest BCUT2D eigenvalue weighted by Gasteiger charge is -2.22. The van der Waals surface area contributed by atoms with E-state index >= 15 is 0 Å². The minimum Gasteiger partial charge on any atom is -0.460 e. The average Bonchev–Trinajstić information content (AvgIpc) is 2.36. The van der Waals surface area contributed by atoms with Gasteiger partial charge in [0.25, 0.3) is 0 Å². The third-order valence-electron chi connectivity index (χ3n) is 2.49. The van der Waals surface area contributed by atoms with Gasteiger partial charge in [-0.2, -0.15) is 0 Å². The zero-order valence-corrected chi connectivity index (χ0v) is 12.2. The minimum absolute atomic E-state index is 0.114. The Labute approximate surface area is 120 Å². The molecule has 4 heteroatoms. The van der Waals surface area contributed by atoms with Crippen molar-refractivity contribution in [3.8, 4) is 0 Å². The molecule has 0 spiro atoms. The Morgan fingerprint density at radius 3 is 2.25 bits per heavy atom. The molecule has 1 rings (SSSR count). The van der Waals surface area contributed by atoms with Gasteiger partial charge in [-0.25, -0.2) is 0 Å². The van der Waals surface area contributed by atoms with Gasteiger partial charge < -0.3 is 9.47 Å². The molecule has 1 aromatic carbocycles. The highest BCUT2D eigenvalue weighted by Gasteiger charge is 2.31. The Balaban J connectivity index is 2.57. The molecular formula is C16H21O4. The van der Waals surface area contributed by atoms with Crippen molar-refractivity contribution in [2.75, 3.05) is 0 Å². The van der Waals surface area contributed by atoms with Crippen LogP contribution in [0.5, 0.6) is 0 Å². The van der Waals surface area contributed by atoms with E-state index in [1.54, 1.807) is 20.8 Å². The van der Waals surface area contributed by atoms with E-state index < -0.39 is 23.5 Å². The van der Waals surface area contributed by atoms with E-state index in [9.17, 15) is 9.59 Å². The Morgan fingerprint density at radius 2 is 1.75 bits per heavy atom. The van der Waals surface area contributed by atoms with Crippen LogP contribution in [0, 0.1) is 12.8 Å². The van der Waals surface area contributed by atoms with Crippen LogP contribution in [0.15, 0.2) is 30.3 Å². The zero-order valence-electron chi connectivity index (χ0n) is 12.2. The monoisotopic (exact) mass is 277 g/mol. The molecule has 0 aromatic heterocycles. The topological polar surface area (TPSA) is 52.6 Å². The van der Waals surface area contributed by atoms with Crippen molar-refractivity contribution in [1.29, 1.82) is 0 Å². The summed E-state index contributed by atoms with van der Waals surface area (Å²) in [5, 5.41) is 0. The lowest BCUT2D eigenvalue weighted by molar-refractivity contribution is -0.169. The minimum atomic E-state index is -0.974. The summed E-state index contributed by atoms with van der Waals surface area (Å²) in [6.45, 7) is 9.00. The molecule has 1 atom stereocenters. The summed E-state index contributed by atoms with van der Waals surface area (Å²) in [5.41, 5.74) is 0.234. The Morgan fingerprint density at radius 1 is 1.15 bits per heavy atom. The summed E-state index contributed by atoms with van der Waals surface area (Å²) in [6, 6.07) is 9.29. The molecule has 0 unspecified atom stereocenters. The molecule has 1 radical (unpaired) electrons. The summed E-state index contributed by atoms with van der Waals surface area (Å²) < 4.78 is 10.3. The van der Waals surface area contributed by atoms with Gasteiger partial charge in [0.05, 0.1) is 0 Å². The second-order valence-corrected chi connectivity index (χ2v) is 5.47. The summed E-state index contributed by atoms with van der Waals surface area (Å²) in [5.74, 6) is -2.17. The van der Waals surface area contributed by atoms with Gasteiger partial charge in [0.1, 0.15) is 12.2 Å². The molecule has 0 bridgehead atoms. The van der Waals surface area contributed by atoms with E-state index in [1.165, 1.54) is 0 Å². The summed E-state index contributed by atoms with van der Waals surface area (Å²) in [7, 11) is 0. The Bertz CT molecular complexity index is 445. The van der Waals surface area contributed by atoms with Crippen LogP contribution in [0.1, 0.15) is 32.8 Å². The van der Waals surface area contributed by atoms with Gasteiger partial charge in [-0.15, -0.1) is 0 Å². The molecule has 109 valence electrons. The predicted octanol–water partition coefficient (Wildman–Crippen LogP) is 2.91. The normalized spacial score (nSPS) is 12.6. The maximum absolute atomic E-state index is 11.9. The fourth-order valence-electron chi connectivity index (χ4n) is 1.53. The Hall–Kier alpha value is -1.84. The first-order valence-electron chi connectivity index (χ1n) is 6.56. The first kappa shape index (κ1) is 16.2. The molecule has 0 fully saturated rings. The summed E-state index contributed by atoms with van der Waals surface area (Å²) >= 11 is 0. The van der Waals surface area contributed by atoms with E-state index in [1.807, 2.05) is 30.3 Å². The van der Waals surface area contributed by atoms with Crippen LogP contribution in [-0.2, 0) is 25.7 Å². The fraction of sp³-hybridized carbons (Fsp3) is 0.438. The molecule has 0 aliphatic heterocycles. The van der Waals surface area contributed by atoms with Crippen molar-refractivity contribution in [1.82, 2.24) is 0 Å². The molecule has 0 aliphatic carbocycles. The van der Waals surface area contributed by atoms with E-state index in [4.69, 9.17) is 9.47 Å². The Kier molecular flexibility index (Phi) is 5.74. The summed E-state index contributed by atoms with van der Waals surface area (Å²) in [4.78, 5) is 23.8. The van der Waals surface area contributed by atoms with Crippen molar-refractivity contribution in [2.24, 2.45) is 5.92 Å². The number of rotatable bonds is 5. The standard InChI is InChI=1S/C16H21O4/c1-5-13(15(18)20-16(2,3)4)14(17)19-11-12-9-7-6-8-10-12/h6-10,13H,1,5,11H2,2-4H3/t13-/m0/s1. The molecule has 0 saturated heterocycles. The molecule has 4 nitrogen and oxygen atoms in total. The van der Waals surface area contributed by atoms with Crippen LogP contribution >= 0.6 is 0 Å². The van der Waals surface area contributed by atoms with Crippen molar-refractivity contribution >= 4 is 11.9 Å². The van der Waals surface area contributed by atoms with Crippen LogP contribution in [0.3, 0.4) is 0 Å². The smallest absolute Gasteiger partial charge is 0.320 e. The van der Waals surface area contributed by atoms with E-state index in [-0.39, 0.29) is 13.0 Å². The van der Waals surface area contributed by atoms with E-state index in [0.717, 1.165) is 5.56 Å². The molecule has 0 N–H and O–H groups in total. The number of esters is 2. The van der Waals surface area contributed by atoms with Gasteiger partial charge in [0.15, 0.2) is 5.92 Å². The highest BCUT2D eigenvalue weighted by molar-refractivity contribution is 5.95. The van der Waals surface area contributed by atoms with Crippen molar-refractivity contribution in [3.05, 3.63) is 42.8 Å². The van der Waals surface area contributed by atoms with Gasteiger partial charge in [-0.1, -0.05) is 37.3 Å². The average molecular weight is 277 g/mol. The van der Waals surface area contributed by atoms with Gasteiger partial charge in [-0.05, 0) is 32.8 Å². The largest absolute Gasteiger partial charge is 0.460 e. The van der Waals surface area contributed by atoms with Crippen LogP contribution in [-0.4, -0.2) is 17.5 Å². The number of carbonyl (C=O) groups is 2. The third kappa shape index (κ3) is 5.43. The second-order valence-electron chi connectivity index (χ2n) is 5.47. The maximum atomic E-state index is 11.9.